The molecular formula is C22H21N5O3. The fourth-order valence-electron chi connectivity index (χ4n) is 4.19. The first-order chi connectivity index (χ1) is 14.6. The first kappa shape index (κ1) is 18.2. The van der Waals surface area contributed by atoms with E-state index in [4.69, 9.17) is 14.6 Å². The molecule has 30 heavy (non-hydrogen) atoms. The van der Waals surface area contributed by atoms with Crippen LogP contribution in [0.2, 0.25) is 0 Å². The topological polar surface area (TPSA) is 94.1 Å². The summed E-state index contributed by atoms with van der Waals surface area (Å²) in [5, 5.41) is 7.69. The fraction of sp³-hybridized carbons (Fsp3) is 0.227. The number of anilines is 1. The third-order valence-corrected chi connectivity index (χ3v) is 5.49. The molecule has 1 atom stereocenters. The van der Waals surface area contributed by atoms with Gasteiger partial charge in [-0.3, -0.25) is 4.79 Å². The predicted molar refractivity (Wildman–Crippen MR) is 113 cm³/mol. The second kappa shape index (κ2) is 6.91. The minimum Gasteiger partial charge on any atom is -0.493 e. The zero-order chi connectivity index (χ0) is 20.8. The van der Waals surface area contributed by atoms with Gasteiger partial charge in [-0.05, 0) is 25.1 Å². The normalized spacial score (nSPS) is 15.7. The number of carbonyl (C=O) groups excluding carboxylic acids is 1. The highest BCUT2D eigenvalue weighted by atomic mass is 16.5. The number of methoxy groups -OCH3 is 2. The Balaban J connectivity index is 1.69. The fourth-order valence-corrected chi connectivity index (χ4v) is 4.19. The molecule has 1 aliphatic rings. The van der Waals surface area contributed by atoms with Crippen LogP contribution in [0.4, 0.5) is 5.82 Å². The summed E-state index contributed by atoms with van der Waals surface area (Å²) in [6.07, 6.45) is 0.295. The van der Waals surface area contributed by atoms with Crippen molar-refractivity contribution < 1.29 is 14.3 Å². The van der Waals surface area contributed by atoms with Crippen molar-refractivity contribution in [1.29, 1.82) is 0 Å². The van der Waals surface area contributed by atoms with E-state index in [0.29, 0.717) is 29.7 Å². The number of para-hydroxylation sites is 3. The maximum absolute atomic E-state index is 12.7. The molecule has 2 aromatic heterocycles. The molecule has 0 saturated carbocycles. The van der Waals surface area contributed by atoms with Crippen LogP contribution in [0.1, 0.15) is 29.2 Å². The Morgan fingerprint density at radius 2 is 1.93 bits per heavy atom. The SMILES string of the molecule is COc1cccc([C@@H]2CC(=O)Nc3c2c(C)nn3-c2nc3ccccc3[nH]2)c1OC. The molecule has 8 nitrogen and oxygen atoms in total. The Morgan fingerprint density at radius 1 is 1.10 bits per heavy atom. The van der Waals surface area contributed by atoms with E-state index < -0.39 is 0 Å². The highest BCUT2D eigenvalue weighted by molar-refractivity contribution is 5.95. The lowest BCUT2D eigenvalue weighted by Crippen LogP contribution is -2.25. The number of ether oxygens (including phenoxy) is 2. The van der Waals surface area contributed by atoms with Crippen molar-refractivity contribution in [3.63, 3.8) is 0 Å². The van der Waals surface area contributed by atoms with Crippen LogP contribution >= 0.6 is 0 Å². The number of aromatic amines is 1. The molecule has 0 aliphatic carbocycles. The van der Waals surface area contributed by atoms with E-state index in [1.807, 2.05) is 49.4 Å². The molecule has 5 rings (SSSR count). The van der Waals surface area contributed by atoms with Crippen molar-refractivity contribution in [3.8, 4) is 17.4 Å². The highest BCUT2D eigenvalue weighted by Gasteiger charge is 2.35. The molecule has 0 saturated heterocycles. The summed E-state index contributed by atoms with van der Waals surface area (Å²) in [5.41, 5.74) is 4.40. The summed E-state index contributed by atoms with van der Waals surface area (Å²) >= 11 is 0. The molecule has 8 heteroatoms. The van der Waals surface area contributed by atoms with Crippen molar-refractivity contribution in [2.45, 2.75) is 19.3 Å². The van der Waals surface area contributed by atoms with Crippen LogP contribution in [0.15, 0.2) is 42.5 Å². The zero-order valence-electron chi connectivity index (χ0n) is 16.9. The molecule has 0 fully saturated rings. The number of amides is 1. The van der Waals surface area contributed by atoms with E-state index in [9.17, 15) is 4.79 Å². The van der Waals surface area contributed by atoms with E-state index in [2.05, 4.69) is 15.3 Å². The van der Waals surface area contributed by atoms with Crippen LogP contribution in [0.3, 0.4) is 0 Å². The maximum atomic E-state index is 12.7. The van der Waals surface area contributed by atoms with Gasteiger partial charge in [0.1, 0.15) is 5.82 Å². The second-order valence-corrected chi connectivity index (χ2v) is 7.22. The summed E-state index contributed by atoms with van der Waals surface area (Å²) < 4.78 is 12.8. The van der Waals surface area contributed by atoms with Gasteiger partial charge in [0.05, 0.1) is 30.9 Å². The number of imidazole rings is 1. The molecule has 1 aliphatic heterocycles. The standard InChI is InChI=1S/C22H21N5O3/c1-12-19-14(13-7-6-10-17(29-2)20(13)30-3)11-18(28)25-21(19)27(26-12)22-23-15-8-4-5-9-16(15)24-22/h4-10,14H,11H2,1-3H3,(H,23,24)(H,25,28)/t14-/m0/s1. The van der Waals surface area contributed by atoms with Crippen LogP contribution in [0.5, 0.6) is 11.5 Å². The number of carbonyl (C=O) groups is 1. The number of nitrogens with zero attached hydrogens (tertiary/aromatic N) is 3. The number of benzene rings is 2. The monoisotopic (exact) mass is 403 g/mol. The lowest BCUT2D eigenvalue weighted by molar-refractivity contribution is -0.116. The third kappa shape index (κ3) is 2.72. The molecule has 0 unspecified atom stereocenters. The molecule has 2 N–H and O–H groups in total. The number of aryl methyl sites for hydroxylation is 1. The predicted octanol–water partition coefficient (Wildman–Crippen LogP) is 3.55. The minimum absolute atomic E-state index is 0.0883. The average molecular weight is 403 g/mol. The van der Waals surface area contributed by atoms with E-state index in [1.165, 1.54) is 0 Å². The Hall–Kier alpha value is -3.81. The van der Waals surface area contributed by atoms with Crippen LogP contribution < -0.4 is 14.8 Å². The third-order valence-electron chi connectivity index (χ3n) is 5.49. The molecule has 0 radical (unpaired) electrons. The van der Waals surface area contributed by atoms with Gasteiger partial charge in [0.25, 0.3) is 0 Å². The number of hydrogen-bond donors (Lipinski definition) is 2. The number of H-pyrrole nitrogens is 1. The van der Waals surface area contributed by atoms with E-state index >= 15 is 0 Å². The second-order valence-electron chi connectivity index (χ2n) is 7.22. The summed E-state index contributed by atoms with van der Waals surface area (Å²) in [6, 6.07) is 13.5. The molecule has 0 bridgehead atoms. The van der Waals surface area contributed by atoms with Gasteiger partial charge in [0.2, 0.25) is 11.9 Å². The van der Waals surface area contributed by atoms with Crippen molar-refractivity contribution in [1.82, 2.24) is 19.7 Å². The molecular weight excluding hydrogens is 382 g/mol. The van der Waals surface area contributed by atoms with Gasteiger partial charge < -0.3 is 19.8 Å². The van der Waals surface area contributed by atoms with E-state index in [0.717, 1.165) is 27.9 Å². The molecule has 1 amide bonds. The van der Waals surface area contributed by atoms with Crippen molar-refractivity contribution in [3.05, 3.63) is 59.3 Å². The van der Waals surface area contributed by atoms with Gasteiger partial charge in [-0.25, -0.2) is 4.98 Å². The number of aromatic nitrogens is 4. The zero-order valence-corrected chi connectivity index (χ0v) is 16.9. The number of rotatable bonds is 4. The van der Waals surface area contributed by atoms with Gasteiger partial charge in [-0.2, -0.15) is 9.78 Å². The number of fused-ring (bicyclic) bond motifs is 2. The van der Waals surface area contributed by atoms with Crippen molar-refractivity contribution >= 4 is 22.8 Å². The Labute approximate surface area is 172 Å². The molecule has 3 heterocycles. The van der Waals surface area contributed by atoms with Crippen molar-refractivity contribution in [2.75, 3.05) is 19.5 Å². The lowest BCUT2D eigenvalue weighted by atomic mass is 9.85. The quantitative estimate of drug-likeness (QED) is 0.543. The molecule has 2 aromatic carbocycles. The largest absolute Gasteiger partial charge is 0.493 e. The Morgan fingerprint density at radius 3 is 2.70 bits per heavy atom. The maximum Gasteiger partial charge on any atom is 0.231 e. The van der Waals surface area contributed by atoms with Gasteiger partial charge >= 0.3 is 0 Å². The van der Waals surface area contributed by atoms with Crippen molar-refractivity contribution in [2.24, 2.45) is 0 Å². The summed E-state index contributed by atoms with van der Waals surface area (Å²) in [7, 11) is 3.21. The number of nitrogens with one attached hydrogen (secondary N) is 2. The molecule has 0 spiro atoms. The first-order valence-corrected chi connectivity index (χ1v) is 9.66. The van der Waals surface area contributed by atoms with E-state index in [1.54, 1.807) is 18.9 Å². The number of hydrogen-bond acceptors (Lipinski definition) is 5. The first-order valence-electron chi connectivity index (χ1n) is 9.66. The van der Waals surface area contributed by atoms with Crippen LogP contribution in [-0.2, 0) is 4.79 Å². The summed E-state index contributed by atoms with van der Waals surface area (Å²) in [6.45, 7) is 1.94. The lowest BCUT2D eigenvalue weighted by Gasteiger charge is -2.26. The smallest absolute Gasteiger partial charge is 0.231 e. The minimum atomic E-state index is -0.211. The Kier molecular flexibility index (Phi) is 4.20. The van der Waals surface area contributed by atoms with Gasteiger partial charge in [-0.1, -0.05) is 24.3 Å². The van der Waals surface area contributed by atoms with Crippen LogP contribution in [0, 0.1) is 6.92 Å². The summed E-state index contributed by atoms with van der Waals surface area (Å²) in [4.78, 5) is 20.6. The summed E-state index contributed by atoms with van der Waals surface area (Å²) in [5.74, 6) is 2.13. The van der Waals surface area contributed by atoms with Gasteiger partial charge in [0, 0.05) is 23.5 Å². The van der Waals surface area contributed by atoms with Crippen LogP contribution in [-0.4, -0.2) is 39.9 Å². The van der Waals surface area contributed by atoms with E-state index in [-0.39, 0.29) is 11.8 Å². The van der Waals surface area contributed by atoms with Gasteiger partial charge in [-0.15, -0.1) is 0 Å². The molecule has 4 aromatic rings. The highest BCUT2D eigenvalue weighted by Crippen LogP contribution is 2.45. The van der Waals surface area contributed by atoms with Gasteiger partial charge in [0.15, 0.2) is 11.5 Å². The Bertz CT molecular complexity index is 1240. The van der Waals surface area contributed by atoms with Crippen LogP contribution in [0.25, 0.3) is 17.0 Å². The average Bonchev–Trinajstić information content (AvgIpc) is 3.33. The molecule has 152 valence electrons.